The Balaban J connectivity index is 1.13. The maximum atomic E-state index is 13.0. The maximum Gasteiger partial charge on any atom is 0.255 e. The molecular formula is C28H33FN4O6. The molecule has 2 aromatic heterocycles. The van der Waals surface area contributed by atoms with Gasteiger partial charge in [0.05, 0.1) is 40.7 Å². The second-order valence-electron chi connectivity index (χ2n) is 10.9. The topological polar surface area (TPSA) is 137 Å². The molecule has 1 unspecified atom stereocenters. The zero-order valence-electron chi connectivity index (χ0n) is 22.0. The normalized spacial score (nSPS) is 23.4. The van der Waals surface area contributed by atoms with Crippen molar-refractivity contribution in [1.29, 1.82) is 0 Å². The van der Waals surface area contributed by atoms with Crippen molar-refractivity contribution in [3.05, 3.63) is 53.9 Å². The summed E-state index contributed by atoms with van der Waals surface area (Å²) in [5.41, 5.74) is 5.99. The molecule has 5 rings (SSSR count). The predicted octanol–water partition coefficient (Wildman–Crippen LogP) is 3.40. The minimum Gasteiger partial charge on any atom is -0.489 e. The average molecular weight is 541 g/mol. The van der Waals surface area contributed by atoms with E-state index in [2.05, 4.69) is 10.4 Å². The lowest BCUT2D eigenvalue weighted by Gasteiger charge is -2.57. The number of aliphatic hydroxyl groups is 1. The van der Waals surface area contributed by atoms with E-state index in [4.69, 9.17) is 19.9 Å². The van der Waals surface area contributed by atoms with Gasteiger partial charge in [0.1, 0.15) is 23.9 Å². The minimum atomic E-state index is -0.983. The molecule has 208 valence electrons. The van der Waals surface area contributed by atoms with Crippen molar-refractivity contribution in [3.63, 3.8) is 0 Å². The third-order valence-corrected chi connectivity index (χ3v) is 7.79. The van der Waals surface area contributed by atoms with Gasteiger partial charge in [0.25, 0.3) is 11.8 Å². The molecular weight excluding hydrogens is 507 g/mol. The van der Waals surface area contributed by atoms with Gasteiger partial charge in [-0.3, -0.25) is 9.59 Å². The van der Waals surface area contributed by atoms with E-state index in [1.165, 1.54) is 24.4 Å². The van der Waals surface area contributed by atoms with Crippen LogP contribution in [0.15, 0.2) is 42.7 Å². The van der Waals surface area contributed by atoms with E-state index in [1.807, 2.05) is 6.92 Å². The van der Waals surface area contributed by atoms with Crippen molar-refractivity contribution < 1.29 is 33.3 Å². The average Bonchev–Trinajstić information content (AvgIpc) is 3.28. The van der Waals surface area contributed by atoms with E-state index in [0.717, 1.165) is 25.7 Å². The van der Waals surface area contributed by atoms with Crippen LogP contribution in [-0.2, 0) is 0 Å². The van der Waals surface area contributed by atoms with Gasteiger partial charge in [-0.1, -0.05) is 6.92 Å². The number of primary amides is 1. The molecule has 2 amide bonds. The van der Waals surface area contributed by atoms with Crippen LogP contribution >= 0.6 is 0 Å². The van der Waals surface area contributed by atoms with Gasteiger partial charge in [0.15, 0.2) is 0 Å². The standard InChI is InChI=1S/C28H33FN4O6/c1-3-27(2,36)15-37-19-5-7-23-22(13-31-33(23)14-19)26(35)32-17-9-28(10-17)11-20(12-28)39-24-8-18(38-16-29)4-6-21(24)25(30)34/h4-8,13-14,17,20,36H,3,9-12,15-16H2,1-2H3,(H2,30,34)(H,32,35). The lowest BCUT2D eigenvalue weighted by Crippen LogP contribution is -2.58. The lowest BCUT2D eigenvalue weighted by atomic mass is 9.53. The van der Waals surface area contributed by atoms with Crippen molar-refractivity contribution >= 4 is 17.3 Å². The van der Waals surface area contributed by atoms with Crippen molar-refractivity contribution in [2.45, 2.75) is 63.7 Å². The Labute approximate surface area is 225 Å². The molecule has 2 heterocycles. The van der Waals surface area contributed by atoms with Gasteiger partial charge in [0, 0.05) is 12.1 Å². The fourth-order valence-corrected chi connectivity index (χ4v) is 5.38. The highest BCUT2D eigenvalue weighted by Gasteiger charge is 2.54. The monoisotopic (exact) mass is 540 g/mol. The number of carbonyl (C=O) groups excluding carboxylic acids is 2. The first-order valence-corrected chi connectivity index (χ1v) is 13.0. The first kappa shape index (κ1) is 26.7. The fraction of sp³-hybridized carbons (Fsp3) is 0.464. The van der Waals surface area contributed by atoms with Crippen LogP contribution in [0.4, 0.5) is 4.39 Å². The van der Waals surface area contributed by atoms with Gasteiger partial charge >= 0.3 is 0 Å². The van der Waals surface area contributed by atoms with E-state index in [0.29, 0.717) is 23.3 Å². The number of nitrogens with zero attached hydrogens (tertiary/aromatic N) is 2. The number of alkyl halides is 1. The van der Waals surface area contributed by atoms with Crippen LogP contribution in [0.3, 0.4) is 0 Å². The second kappa shape index (κ2) is 10.4. The molecule has 4 N–H and O–H groups in total. The Morgan fingerprint density at radius 3 is 2.62 bits per heavy atom. The molecule has 1 spiro atoms. The van der Waals surface area contributed by atoms with Crippen LogP contribution in [0.5, 0.6) is 17.2 Å². The number of hydrogen-bond donors (Lipinski definition) is 3. The number of fused-ring (bicyclic) bond motifs is 1. The zero-order chi connectivity index (χ0) is 27.8. The zero-order valence-corrected chi connectivity index (χ0v) is 22.0. The van der Waals surface area contributed by atoms with E-state index in [9.17, 15) is 19.1 Å². The number of halogens is 1. The van der Waals surface area contributed by atoms with Gasteiger partial charge in [-0.2, -0.15) is 5.10 Å². The Morgan fingerprint density at radius 2 is 1.92 bits per heavy atom. The Hall–Kier alpha value is -3.86. The summed E-state index contributed by atoms with van der Waals surface area (Å²) in [5, 5.41) is 17.5. The molecule has 3 aromatic rings. The van der Waals surface area contributed by atoms with Gasteiger partial charge in [-0.15, -0.1) is 0 Å². The number of rotatable bonds is 11. The van der Waals surface area contributed by atoms with E-state index in [1.54, 1.807) is 29.8 Å². The van der Waals surface area contributed by atoms with Crippen molar-refractivity contribution in [1.82, 2.24) is 14.9 Å². The van der Waals surface area contributed by atoms with Crippen LogP contribution in [-0.4, -0.2) is 57.7 Å². The minimum absolute atomic E-state index is 0.0507. The van der Waals surface area contributed by atoms with Gasteiger partial charge < -0.3 is 30.4 Å². The largest absolute Gasteiger partial charge is 0.489 e. The lowest BCUT2D eigenvalue weighted by molar-refractivity contribution is -0.0835. The van der Waals surface area contributed by atoms with Crippen LogP contribution in [0.25, 0.3) is 5.52 Å². The number of amides is 2. The first-order chi connectivity index (χ1) is 18.6. The third-order valence-electron chi connectivity index (χ3n) is 7.79. The molecule has 0 saturated heterocycles. The van der Waals surface area contributed by atoms with Gasteiger partial charge in [-0.05, 0) is 68.7 Å². The van der Waals surface area contributed by atoms with E-state index < -0.39 is 18.4 Å². The first-order valence-electron chi connectivity index (χ1n) is 13.0. The third kappa shape index (κ3) is 5.63. The molecule has 39 heavy (non-hydrogen) atoms. The Bertz CT molecular complexity index is 1380. The number of benzene rings is 1. The van der Waals surface area contributed by atoms with Crippen LogP contribution < -0.4 is 25.3 Å². The number of pyridine rings is 1. The summed E-state index contributed by atoms with van der Waals surface area (Å²) in [6, 6.07) is 8.02. The van der Waals surface area contributed by atoms with Crippen molar-refractivity contribution in [2.75, 3.05) is 13.5 Å². The highest BCUT2D eigenvalue weighted by Crippen LogP contribution is 2.57. The van der Waals surface area contributed by atoms with Crippen LogP contribution in [0.1, 0.15) is 66.7 Å². The summed E-state index contributed by atoms with van der Waals surface area (Å²) in [4.78, 5) is 24.7. The number of ether oxygens (including phenoxy) is 3. The molecule has 1 aromatic carbocycles. The molecule has 0 bridgehead atoms. The smallest absolute Gasteiger partial charge is 0.255 e. The van der Waals surface area contributed by atoms with Crippen LogP contribution in [0.2, 0.25) is 0 Å². The summed E-state index contributed by atoms with van der Waals surface area (Å²) in [7, 11) is 0. The number of hydrogen-bond acceptors (Lipinski definition) is 7. The van der Waals surface area contributed by atoms with Crippen molar-refractivity contribution in [3.8, 4) is 17.2 Å². The molecule has 2 fully saturated rings. The van der Waals surface area contributed by atoms with E-state index >= 15 is 0 Å². The van der Waals surface area contributed by atoms with E-state index in [-0.39, 0.29) is 47.1 Å². The van der Waals surface area contributed by atoms with Crippen molar-refractivity contribution in [2.24, 2.45) is 11.1 Å². The molecule has 11 heteroatoms. The predicted molar refractivity (Wildman–Crippen MR) is 140 cm³/mol. The summed E-state index contributed by atoms with van der Waals surface area (Å²) in [6.45, 7) is 2.78. The Morgan fingerprint density at radius 1 is 1.18 bits per heavy atom. The number of carbonyl (C=O) groups is 2. The second-order valence-corrected chi connectivity index (χ2v) is 10.9. The highest BCUT2D eigenvalue weighted by atomic mass is 19.1. The summed E-state index contributed by atoms with van der Waals surface area (Å²) in [6.07, 6.45) is 6.94. The quantitative estimate of drug-likeness (QED) is 0.339. The molecule has 2 aliphatic rings. The molecule has 2 aliphatic carbocycles. The van der Waals surface area contributed by atoms with Gasteiger partial charge in [0.2, 0.25) is 6.86 Å². The summed E-state index contributed by atoms with van der Waals surface area (Å²) in [5.74, 6) is 0.293. The molecule has 2 saturated carbocycles. The maximum absolute atomic E-state index is 13.0. The summed E-state index contributed by atoms with van der Waals surface area (Å²) < 4.78 is 30.7. The Kier molecular flexibility index (Phi) is 7.11. The van der Waals surface area contributed by atoms with Gasteiger partial charge in [-0.25, -0.2) is 8.91 Å². The number of nitrogens with two attached hydrogens (primary N) is 1. The molecule has 1 atom stereocenters. The molecule has 0 radical (unpaired) electrons. The number of nitrogens with one attached hydrogen (secondary N) is 1. The highest BCUT2D eigenvalue weighted by molar-refractivity contribution is 6.00. The molecule has 0 aliphatic heterocycles. The molecule has 10 nitrogen and oxygen atoms in total. The summed E-state index contributed by atoms with van der Waals surface area (Å²) >= 11 is 0. The fourth-order valence-electron chi connectivity index (χ4n) is 5.38. The SMILES string of the molecule is CCC(C)(O)COc1ccc2c(C(=O)NC3CC4(C3)CC(Oc3cc(OCF)ccc3C(N)=O)C4)cnn2c1. The van der Waals surface area contributed by atoms with Crippen LogP contribution in [0, 0.1) is 5.41 Å². The number of aromatic nitrogens is 2.